The van der Waals surface area contributed by atoms with Crippen LogP contribution in [0.2, 0.25) is 0 Å². The standard InChI is InChI=1S/C30H48O2/c1-25(2)15-16-27(5)18-24(32)30(8)19(20(27)17-25)9-10-22-28(6)13-12-23(31)26(3,4)21(28)11-14-29(22,30)7/h9,20-22,24,32H,10-18H2,1-8H3/t20-,21-,22+,24-,27+,28-,29+,30-/m0/s1. The lowest BCUT2D eigenvalue weighted by Crippen LogP contribution is -2.67. The van der Waals surface area contributed by atoms with Crippen molar-refractivity contribution in [3.8, 4) is 0 Å². The highest BCUT2D eigenvalue weighted by molar-refractivity contribution is 5.85. The monoisotopic (exact) mass is 440 g/mol. The third-order valence-corrected chi connectivity index (χ3v) is 12.8. The van der Waals surface area contributed by atoms with Crippen molar-refractivity contribution in [1.82, 2.24) is 0 Å². The first-order valence-corrected chi connectivity index (χ1v) is 13.5. The summed E-state index contributed by atoms with van der Waals surface area (Å²) >= 11 is 0. The van der Waals surface area contributed by atoms with Crippen LogP contribution in [0.15, 0.2) is 11.6 Å². The molecule has 0 aromatic rings. The molecule has 180 valence electrons. The lowest BCUT2D eigenvalue weighted by molar-refractivity contribution is -0.207. The van der Waals surface area contributed by atoms with Gasteiger partial charge in [0.25, 0.3) is 0 Å². The summed E-state index contributed by atoms with van der Waals surface area (Å²) in [7, 11) is 0. The molecular formula is C30H48O2. The molecule has 0 aromatic carbocycles. The van der Waals surface area contributed by atoms with Crippen LogP contribution in [0.25, 0.3) is 0 Å². The van der Waals surface area contributed by atoms with E-state index >= 15 is 0 Å². The van der Waals surface area contributed by atoms with Gasteiger partial charge in [-0.25, -0.2) is 0 Å². The normalized spacial score (nSPS) is 53.9. The zero-order valence-electron chi connectivity index (χ0n) is 22.1. The van der Waals surface area contributed by atoms with Crippen molar-refractivity contribution in [1.29, 1.82) is 0 Å². The maximum absolute atomic E-state index is 12.9. The minimum absolute atomic E-state index is 0.0984. The molecule has 0 bridgehead atoms. The van der Waals surface area contributed by atoms with Gasteiger partial charge in [-0.2, -0.15) is 0 Å². The van der Waals surface area contributed by atoms with E-state index < -0.39 is 0 Å². The fourth-order valence-corrected chi connectivity index (χ4v) is 10.4. The first kappa shape index (κ1) is 23.1. The van der Waals surface area contributed by atoms with Crippen LogP contribution < -0.4 is 0 Å². The Morgan fingerprint density at radius 2 is 1.56 bits per heavy atom. The number of ketones is 1. The lowest BCUT2D eigenvalue weighted by atomic mass is 9.33. The number of allylic oxidation sites excluding steroid dienone is 1. The quantitative estimate of drug-likeness (QED) is 0.400. The second-order valence-corrected chi connectivity index (χ2v) is 15.1. The van der Waals surface area contributed by atoms with Crippen molar-refractivity contribution >= 4 is 5.78 Å². The highest BCUT2D eigenvalue weighted by Gasteiger charge is 2.70. The van der Waals surface area contributed by atoms with Gasteiger partial charge < -0.3 is 5.11 Å². The van der Waals surface area contributed by atoms with Gasteiger partial charge in [0.15, 0.2) is 0 Å². The fourth-order valence-electron chi connectivity index (χ4n) is 10.4. The van der Waals surface area contributed by atoms with E-state index in [1.807, 2.05) is 0 Å². The zero-order valence-corrected chi connectivity index (χ0v) is 22.1. The van der Waals surface area contributed by atoms with Crippen molar-refractivity contribution in [3.63, 3.8) is 0 Å². The van der Waals surface area contributed by atoms with Crippen LogP contribution in [0.1, 0.15) is 113 Å². The van der Waals surface area contributed by atoms with Crippen LogP contribution in [-0.2, 0) is 4.79 Å². The Labute approximate surface area is 197 Å². The molecule has 0 heterocycles. The molecule has 0 radical (unpaired) electrons. The number of aliphatic hydroxyl groups excluding tert-OH is 1. The van der Waals surface area contributed by atoms with E-state index in [0.29, 0.717) is 29.0 Å². The van der Waals surface area contributed by atoms with E-state index in [2.05, 4.69) is 61.5 Å². The number of hydrogen-bond donors (Lipinski definition) is 1. The molecule has 0 saturated heterocycles. The first-order valence-electron chi connectivity index (χ1n) is 13.5. The van der Waals surface area contributed by atoms with Gasteiger partial charge in [-0.1, -0.05) is 67.0 Å². The van der Waals surface area contributed by atoms with Gasteiger partial charge in [-0.15, -0.1) is 0 Å². The Morgan fingerprint density at radius 3 is 2.25 bits per heavy atom. The third-order valence-electron chi connectivity index (χ3n) is 12.8. The van der Waals surface area contributed by atoms with Crippen molar-refractivity contribution < 1.29 is 9.90 Å². The maximum Gasteiger partial charge on any atom is 0.138 e. The van der Waals surface area contributed by atoms with Crippen LogP contribution in [0.5, 0.6) is 0 Å². The smallest absolute Gasteiger partial charge is 0.138 e. The van der Waals surface area contributed by atoms with Crippen molar-refractivity contribution in [3.05, 3.63) is 11.6 Å². The van der Waals surface area contributed by atoms with Crippen molar-refractivity contribution in [2.24, 2.45) is 50.2 Å². The number of carbonyl (C=O) groups excluding carboxylic acids is 1. The fraction of sp³-hybridized carbons (Fsp3) is 0.900. The van der Waals surface area contributed by atoms with Gasteiger partial charge in [-0.3, -0.25) is 4.79 Å². The molecule has 32 heavy (non-hydrogen) atoms. The maximum atomic E-state index is 12.9. The average molecular weight is 441 g/mol. The Morgan fingerprint density at radius 1 is 0.875 bits per heavy atom. The molecule has 8 atom stereocenters. The summed E-state index contributed by atoms with van der Waals surface area (Å²) in [5.41, 5.74) is 2.16. The Balaban J connectivity index is 1.62. The van der Waals surface area contributed by atoms with Crippen molar-refractivity contribution in [2.75, 3.05) is 0 Å². The second kappa shape index (κ2) is 6.52. The van der Waals surface area contributed by atoms with Gasteiger partial charge in [0.05, 0.1) is 6.10 Å². The summed E-state index contributed by atoms with van der Waals surface area (Å²) in [5.74, 6) is 2.09. The van der Waals surface area contributed by atoms with E-state index in [4.69, 9.17) is 0 Å². The van der Waals surface area contributed by atoms with Gasteiger partial charge in [0.1, 0.15) is 5.78 Å². The minimum Gasteiger partial charge on any atom is -0.392 e. The zero-order chi connectivity index (χ0) is 23.5. The van der Waals surface area contributed by atoms with Gasteiger partial charge in [-0.05, 0) is 90.8 Å². The second-order valence-electron chi connectivity index (χ2n) is 15.1. The van der Waals surface area contributed by atoms with Gasteiger partial charge in [0.2, 0.25) is 0 Å². The summed E-state index contributed by atoms with van der Waals surface area (Å²) in [4.78, 5) is 12.9. The Kier molecular flexibility index (Phi) is 4.71. The Hall–Kier alpha value is -0.630. The molecule has 5 rings (SSSR count). The minimum atomic E-state index is -0.262. The largest absolute Gasteiger partial charge is 0.392 e. The molecule has 0 aromatic heterocycles. The molecule has 0 spiro atoms. The Bertz CT molecular complexity index is 866. The van der Waals surface area contributed by atoms with E-state index in [1.54, 1.807) is 5.57 Å². The summed E-state index contributed by atoms with van der Waals surface area (Å²) in [6.07, 6.45) is 12.3. The highest BCUT2D eigenvalue weighted by Crippen LogP contribution is 2.75. The highest BCUT2D eigenvalue weighted by atomic mass is 16.3. The summed E-state index contributed by atoms with van der Waals surface area (Å²) < 4.78 is 0. The van der Waals surface area contributed by atoms with Gasteiger partial charge in [0, 0.05) is 17.3 Å². The topological polar surface area (TPSA) is 37.3 Å². The number of rotatable bonds is 0. The van der Waals surface area contributed by atoms with E-state index in [-0.39, 0.29) is 33.2 Å². The summed E-state index contributed by atoms with van der Waals surface area (Å²) in [5, 5.41) is 11.9. The van der Waals surface area contributed by atoms with E-state index in [9.17, 15) is 9.90 Å². The number of Topliss-reactive ketones (excluding diaryl/α,β-unsaturated/α-hetero) is 1. The van der Waals surface area contributed by atoms with Crippen LogP contribution in [0.4, 0.5) is 0 Å². The van der Waals surface area contributed by atoms with Crippen LogP contribution in [-0.4, -0.2) is 17.0 Å². The number of carbonyl (C=O) groups is 1. The molecule has 0 unspecified atom stereocenters. The molecule has 0 amide bonds. The van der Waals surface area contributed by atoms with Crippen LogP contribution in [0.3, 0.4) is 0 Å². The van der Waals surface area contributed by atoms with Crippen LogP contribution in [0, 0.1) is 50.2 Å². The predicted octanol–water partition coefficient (Wildman–Crippen LogP) is 7.35. The van der Waals surface area contributed by atoms with Crippen LogP contribution >= 0.6 is 0 Å². The first-order chi connectivity index (χ1) is 14.6. The van der Waals surface area contributed by atoms with E-state index in [0.717, 1.165) is 38.5 Å². The molecule has 2 nitrogen and oxygen atoms in total. The number of aliphatic hydroxyl groups is 1. The molecule has 0 aliphatic heterocycles. The lowest BCUT2D eigenvalue weighted by Gasteiger charge is -2.71. The molecule has 4 saturated carbocycles. The molecule has 4 fully saturated rings. The summed E-state index contributed by atoms with van der Waals surface area (Å²) in [6.45, 7) is 19.3. The SMILES string of the molecule is CC1(C)CC[C@]2(C)C[C@H](O)[C@]3(C)C(=CC[C@@H]4[C@@]5(C)CCC(=O)C(C)(C)[C@@H]5CC[C@]43C)[C@@H]2C1. The molecule has 5 aliphatic carbocycles. The average Bonchev–Trinajstić information content (AvgIpc) is 2.68. The third kappa shape index (κ3) is 2.65. The molecule has 1 N–H and O–H groups in total. The number of fused-ring (bicyclic) bond motifs is 7. The van der Waals surface area contributed by atoms with E-state index in [1.165, 1.54) is 19.3 Å². The number of hydrogen-bond acceptors (Lipinski definition) is 2. The molecule has 2 heteroatoms. The van der Waals surface area contributed by atoms with Crippen molar-refractivity contribution in [2.45, 2.75) is 119 Å². The summed E-state index contributed by atoms with van der Waals surface area (Å²) in [6, 6.07) is 0. The molecule has 5 aliphatic rings. The molecular weight excluding hydrogens is 392 g/mol. The predicted molar refractivity (Wildman–Crippen MR) is 131 cm³/mol. The van der Waals surface area contributed by atoms with Gasteiger partial charge >= 0.3 is 0 Å².